The van der Waals surface area contributed by atoms with Gasteiger partial charge in [0.2, 0.25) is 0 Å². The van der Waals surface area contributed by atoms with Gasteiger partial charge in [0, 0.05) is 19.7 Å². The smallest absolute Gasteiger partial charge is 0.269 e. The van der Waals surface area contributed by atoms with Crippen molar-refractivity contribution < 1.29 is 4.79 Å². The fourth-order valence-electron chi connectivity index (χ4n) is 1.22. The SMILES string of the molecule is CNc1cc(C(=O)NCC2CC2)[nH]n1. The van der Waals surface area contributed by atoms with E-state index < -0.39 is 0 Å². The fourth-order valence-corrected chi connectivity index (χ4v) is 1.22. The molecule has 0 aromatic carbocycles. The molecule has 0 aliphatic heterocycles. The molecule has 0 radical (unpaired) electrons. The molecule has 1 aliphatic carbocycles. The molecule has 1 saturated carbocycles. The zero-order valence-electron chi connectivity index (χ0n) is 8.13. The second-order valence-electron chi connectivity index (χ2n) is 3.57. The third-order valence-electron chi connectivity index (χ3n) is 2.33. The monoisotopic (exact) mass is 194 g/mol. The Hall–Kier alpha value is -1.52. The fraction of sp³-hybridized carbons (Fsp3) is 0.556. The Morgan fingerprint density at radius 1 is 1.71 bits per heavy atom. The predicted octanol–water partition coefficient (Wildman–Crippen LogP) is 0.591. The molecule has 1 fully saturated rings. The van der Waals surface area contributed by atoms with Crippen LogP contribution < -0.4 is 10.6 Å². The third kappa shape index (κ3) is 2.04. The predicted molar refractivity (Wildman–Crippen MR) is 53.2 cm³/mol. The van der Waals surface area contributed by atoms with Crippen molar-refractivity contribution in [2.45, 2.75) is 12.8 Å². The van der Waals surface area contributed by atoms with Crippen LogP contribution in [0.4, 0.5) is 5.82 Å². The quantitative estimate of drug-likeness (QED) is 0.657. The van der Waals surface area contributed by atoms with Gasteiger partial charge in [0.05, 0.1) is 0 Å². The number of carbonyl (C=O) groups excluding carboxylic acids is 1. The van der Waals surface area contributed by atoms with E-state index >= 15 is 0 Å². The summed E-state index contributed by atoms with van der Waals surface area (Å²) in [6.45, 7) is 0.784. The van der Waals surface area contributed by atoms with Crippen molar-refractivity contribution in [2.24, 2.45) is 5.92 Å². The number of amides is 1. The van der Waals surface area contributed by atoms with E-state index in [-0.39, 0.29) is 5.91 Å². The van der Waals surface area contributed by atoms with E-state index in [4.69, 9.17) is 0 Å². The van der Waals surface area contributed by atoms with Crippen LogP contribution in [0.15, 0.2) is 6.07 Å². The molecule has 14 heavy (non-hydrogen) atoms. The Bertz CT molecular complexity index is 329. The van der Waals surface area contributed by atoms with Crippen LogP contribution in [0.5, 0.6) is 0 Å². The highest BCUT2D eigenvalue weighted by Crippen LogP contribution is 2.27. The lowest BCUT2D eigenvalue weighted by molar-refractivity contribution is 0.0947. The number of hydrogen-bond donors (Lipinski definition) is 3. The highest BCUT2D eigenvalue weighted by atomic mass is 16.1. The minimum atomic E-state index is -0.0779. The van der Waals surface area contributed by atoms with Gasteiger partial charge in [0.15, 0.2) is 0 Å². The minimum Gasteiger partial charge on any atom is -0.372 e. The number of nitrogens with zero attached hydrogens (tertiary/aromatic N) is 1. The lowest BCUT2D eigenvalue weighted by atomic mass is 10.3. The summed E-state index contributed by atoms with van der Waals surface area (Å²) in [6, 6.07) is 1.70. The zero-order valence-corrected chi connectivity index (χ0v) is 8.13. The average Bonchev–Trinajstić information content (AvgIpc) is 2.90. The number of aromatic nitrogens is 2. The van der Waals surface area contributed by atoms with Crippen LogP contribution in [0.2, 0.25) is 0 Å². The number of nitrogens with one attached hydrogen (secondary N) is 3. The van der Waals surface area contributed by atoms with Crippen LogP contribution in [-0.2, 0) is 0 Å². The summed E-state index contributed by atoms with van der Waals surface area (Å²) in [4.78, 5) is 11.5. The molecule has 0 bridgehead atoms. The number of aromatic amines is 1. The van der Waals surface area contributed by atoms with Crippen molar-refractivity contribution in [2.75, 3.05) is 18.9 Å². The molecule has 76 valence electrons. The number of hydrogen-bond acceptors (Lipinski definition) is 3. The second-order valence-corrected chi connectivity index (χ2v) is 3.57. The van der Waals surface area contributed by atoms with Crippen LogP contribution in [0.1, 0.15) is 23.3 Å². The Balaban J connectivity index is 1.88. The van der Waals surface area contributed by atoms with Crippen molar-refractivity contribution in [1.29, 1.82) is 0 Å². The number of H-pyrrole nitrogens is 1. The number of carbonyl (C=O) groups is 1. The first-order chi connectivity index (χ1) is 6.79. The molecule has 1 aromatic rings. The maximum Gasteiger partial charge on any atom is 0.269 e. The van der Waals surface area contributed by atoms with Crippen LogP contribution in [0.3, 0.4) is 0 Å². The molecule has 1 amide bonds. The Kier molecular flexibility index (Phi) is 2.39. The van der Waals surface area contributed by atoms with Crippen molar-refractivity contribution in [3.63, 3.8) is 0 Å². The standard InChI is InChI=1S/C9H14N4O/c1-10-8-4-7(12-13-8)9(14)11-5-6-2-3-6/h4,6H,2-3,5H2,1H3,(H,11,14)(H2,10,12,13). The van der Waals surface area contributed by atoms with Gasteiger partial charge in [-0.3, -0.25) is 9.89 Å². The van der Waals surface area contributed by atoms with E-state index in [2.05, 4.69) is 20.8 Å². The largest absolute Gasteiger partial charge is 0.372 e. The zero-order chi connectivity index (χ0) is 9.97. The number of rotatable bonds is 4. The Morgan fingerprint density at radius 3 is 3.07 bits per heavy atom. The average molecular weight is 194 g/mol. The van der Waals surface area contributed by atoms with Gasteiger partial charge in [-0.1, -0.05) is 0 Å². The highest BCUT2D eigenvalue weighted by Gasteiger charge is 2.22. The molecular formula is C9H14N4O. The van der Waals surface area contributed by atoms with E-state index in [0.717, 1.165) is 6.54 Å². The minimum absolute atomic E-state index is 0.0779. The lowest BCUT2D eigenvalue weighted by Crippen LogP contribution is -2.25. The van der Waals surface area contributed by atoms with Gasteiger partial charge < -0.3 is 10.6 Å². The van der Waals surface area contributed by atoms with Crippen LogP contribution >= 0.6 is 0 Å². The Morgan fingerprint density at radius 2 is 2.50 bits per heavy atom. The normalized spacial score (nSPS) is 15.2. The van der Waals surface area contributed by atoms with E-state index in [9.17, 15) is 4.79 Å². The molecule has 0 saturated heterocycles. The van der Waals surface area contributed by atoms with Crippen molar-refractivity contribution >= 4 is 11.7 Å². The summed E-state index contributed by atoms with van der Waals surface area (Å²) in [5.41, 5.74) is 0.509. The molecule has 1 aliphatic rings. The molecule has 1 heterocycles. The summed E-state index contributed by atoms with van der Waals surface area (Å²) in [5.74, 6) is 1.30. The van der Waals surface area contributed by atoms with Gasteiger partial charge in [-0.15, -0.1) is 0 Å². The molecule has 1 aromatic heterocycles. The summed E-state index contributed by atoms with van der Waals surface area (Å²) in [6.07, 6.45) is 2.48. The summed E-state index contributed by atoms with van der Waals surface area (Å²) < 4.78 is 0. The molecule has 5 heteroatoms. The molecule has 5 nitrogen and oxygen atoms in total. The maximum atomic E-state index is 11.5. The molecular weight excluding hydrogens is 180 g/mol. The van der Waals surface area contributed by atoms with Gasteiger partial charge in [0.1, 0.15) is 11.5 Å². The highest BCUT2D eigenvalue weighted by molar-refractivity contribution is 5.92. The Labute approximate surface area is 82.3 Å². The van der Waals surface area contributed by atoms with Crippen molar-refractivity contribution in [3.8, 4) is 0 Å². The van der Waals surface area contributed by atoms with Gasteiger partial charge >= 0.3 is 0 Å². The van der Waals surface area contributed by atoms with E-state index in [0.29, 0.717) is 17.4 Å². The second kappa shape index (κ2) is 3.69. The van der Waals surface area contributed by atoms with Gasteiger partial charge in [-0.2, -0.15) is 5.10 Å². The number of anilines is 1. The first kappa shape index (κ1) is 9.05. The van der Waals surface area contributed by atoms with E-state index in [1.165, 1.54) is 12.8 Å². The van der Waals surface area contributed by atoms with Crippen molar-refractivity contribution in [3.05, 3.63) is 11.8 Å². The van der Waals surface area contributed by atoms with E-state index in [1.807, 2.05) is 0 Å². The van der Waals surface area contributed by atoms with Gasteiger partial charge in [0.25, 0.3) is 5.91 Å². The molecule has 0 spiro atoms. The van der Waals surface area contributed by atoms with Gasteiger partial charge in [-0.25, -0.2) is 0 Å². The first-order valence-corrected chi connectivity index (χ1v) is 4.81. The van der Waals surface area contributed by atoms with Crippen molar-refractivity contribution in [1.82, 2.24) is 15.5 Å². The molecule has 0 atom stereocenters. The maximum absolute atomic E-state index is 11.5. The molecule has 0 unspecified atom stereocenters. The molecule has 2 rings (SSSR count). The first-order valence-electron chi connectivity index (χ1n) is 4.81. The topological polar surface area (TPSA) is 69.8 Å². The summed E-state index contributed by atoms with van der Waals surface area (Å²) >= 11 is 0. The van der Waals surface area contributed by atoms with Gasteiger partial charge in [-0.05, 0) is 18.8 Å². The van der Waals surface area contributed by atoms with Crippen LogP contribution in [0, 0.1) is 5.92 Å². The molecule has 3 N–H and O–H groups in total. The van der Waals surface area contributed by atoms with Crippen LogP contribution in [0.25, 0.3) is 0 Å². The van der Waals surface area contributed by atoms with Crippen LogP contribution in [-0.4, -0.2) is 29.7 Å². The summed E-state index contributed by atoms with van der Waals surface area (Å²) in [7, 11) is 1.77. The lowest BCUT2D eigenvalue weighted by Gasteiger charge is -1.99. The summed E-state index contributed by atoms with van der Waals surface area (Å²) in [5, 5.41) is 12.3. The van der Waals surface area contributed by atoms with E-state index in [1.54, 1.807) is 13.1 Å². The third-order valence-corrected chi connectivity index (χ3v) is 2.33.